The van der Waals surface area contributed by atoms with Gasteiger partial charge in [0.15, 0.2) is 0 Å². The van der Waals surface area contributed by atoms with Crippen molar-refractivity contribution in [3.05, 3.63) is 24.4 Å². The molecule has 2 rings (SSSR count). The van der Waals surface area contributed by atoms with Crippen molar-refractivity contribution in [3.63, 3.8) is 0 Å². The molecule has 0 unspecified atom stereocenters. The van der Waals surface area contributed by atoms with Crippen molar-refractivity contribution in [2.45, 2.75) is 0 Å². The zero-order chi connectivity index (χ0) is 9.10. The van der Waals surface area contributed by atoms with E-state index in [9.17, 15) is 0 Å². The molecule has 0 radical (unpaired) electrons. The summed E-state index contributed by atoms with van der Waals surface area (Å²) in [6.45, 7) is 0. The van der Waals surface area contributed by atoms with Crippen molar-refractivity contribution < 1.29 is 4.42 Å². The van der Waals surface area contributed by atoms with Crippen molar-refractivity contribution in [2.24, 2.45) is 0 Å². The molecule has 5 heteroatoms. The van der Waals surface area contributed by atoms with Crippen molar-refractivity contribution in [2.75, 3.05) is 12.4 Å². The fraction of sp³-hybridized carbons (Fsp3) is 0.125. The largest absolute Gasteiger partial charge is 0.402 e. The Bertz CT molecular complexity index is 384. The molecule has 13 heavy (non-hydrogen) atoms. The first-order valence-electron chi connectivity index (χ1n) is 3.83. The Labute approximate surface area is 74.8 Å². The van der Waals surface area contributed by atoms with Gasteiger partial charge in [0.2, 0.25) is 0 Å². The summed E-state index contributed by atoms with van der Waals surface area (Å²) in [6.07, 6.45) is 1.68. The van der Waals surface area contributed by atoms with E-state index in [0.29, 0.717) is 17.6 Å². The molecule has 0 aliphatic rings. The smallest absolute Gasteiger partial charge is 0.315 e. The first-order valence-corrected chi connectivity index (χ1v) is 3.83. The minimum Gasteiger partial charge on any atom is -0.402 e. The van der Waals surface area contributed by atoms with Gasteiger partial charge in [-0.1, -0.05) is 11.2 Å². The molecule has 0 bridgehead atoms. The maximum absolute atomic E-state index is 5.22. The molecule has 0 aliphatic carbocycles. The minimum absolute atomic E-state index is 0.389. The van der Waals surface area contributed by atoms with Gasteiger partial charge >= 0.3 is 6.01 Å². The van der Waals surface area contributed by atoms with E-state index in [0.717, 1.165) is 0 Å². The van der Waals surface area contributed by atoms with E-state index in [4.69, 9.17) is 4.42 Å². The molecule has 5 nitrogen and oxygen atoms in total. The molecule has 1 N–H and O–H groups in total. The van der Waals surface area contributed by atoms with Crippen LogP contribution < -0.4 is 5.32 Å². The highest BCUT2D eigenvalue weighted by Crippen LogP contribution is 2.15. The lowest BCUT2D eigenvalue weighted by Gasteiger charge is -1.90. The lowest BCUT2D eigenvalue weighted by atomic mass is 10.3. The van der Waals surface area contributed by atoms with E-state index >= 15 is 0 Å². The van der Waals surface area contributed by atoms with E-state index in [1.54, 1.807) is 13.2 Å². The number of hydrogen-bond acceptors (Lipinski definition) is 5. The van der Waals surface area contributed by atoms with Crippen LogP contribution in [-0.2, 0) is 0 Å². The predicted octanol–water partition coefficient (Wildman–Crippen LogP) is 1.17. The molecule has 2 heterocycles. The Morgan fingerprint density at radius 2 is 2.23 bits per heavy atom. The zero-order valence-corrected chi connectivity index (χ0v) is 7.06. The number of pyridine rings is 1. The standard InChI is InChI=1S/C8H8N4O/c1-9-8-12-11-7(13-8)6-4-2-3-5-10-6/h2-5H,1H3,(H,9,12). The van der Waals surface area contributed by atoms with Crippen molar-refractivity contribution in [3.8, 4) is 11.6 Å². The van der Waals surface area contributed by atoms with Gasteiger partial charge in [0, 0.05) is 13.2 Å². The fourth-order valence-corrected chi connectivity index (χ4v) is 0.917. The van der Waals surface area contributed by atoms with Gasteiger partial charge in [-0.2, -0.15) is 0 Å². The summed E-state index contributed by atoms with van der Waals surface area (Å²) in [6, 6.07) is 5.90. The molecular formula is C8H8N4O. The van der Waals surface area contributed by atoms with Gasteiger partial charge in [-0.3, -0.25) is 4.98 Å². The quantitative estimate of drug-likeness (QED) is 0.744. The highest BCUT2D eigenvalue weighted by Gasteiger charge is 2.06. The third-order valence-electron chi connectivity index (χ3n) is 1.52. The van der Waals surface area contributed by atoms with Gasteiger partial charge in [-0.05, 0) is 12.1 Å². The molecule has 66 valence electrons. The lowest BCUT2D eigenvalue weighted by molar-refractivity contribution is 0.583. The van der Waals surface area contributed by atoms with Gasteiger partial charge < -0.3 is 9.73 Å². The summed E-state index contributed by atoms with van der Waals surface area (Å²) in [5.74, 6) is 0.421. The van der Waals surface area contributed by atoms with Crippen LogP contribution in [0.1, 0.15) is 0 Å². The maximum Gasteiger partial charge on any atom is 0.315 e. The molecule has 0 aromatic carbocycles. The monoisotopic (exact) mass is 176 g/mol. The molecule has 2 aromatic rings. The van der Waals surface area contributed by atoms with E-state index in [1.165, 1.54) is 0 Å². The summed E-state index contributed by atoms with van der Waals surface area (Å²) in [7, 11) is 1.72. The van der Waals surface area contributed by atoms with Gasteiger partial charge in [0.25, 0.3) is 5.89 Å². The number of rotatable bonds is 2. The molecule has 0 atom stereocenters. The lowest BCUT2D eigenvalue weighted by Crippen LogP contribution is -1.85. The Kier molecular flexibility index (Phi) is 1.91. The number of nitrogens with one attached hydrogen (secondary N) is 1. The third kappa shape index (κ3) is 1.48. The molecule has 0 amide bonds. The SMILES string of the molecule is CNc1nnc(-c2ccccn2)o1. The van der Waals surface area contributed by atoms with Crippen molar-refractivity contribution >= 4 is 6.01 Å². The van der Waals surface area contributed by atoms with Gasteiger partial charge in [0.05, 0.1) is 0 Å². The van der Waals surface area contributed by atoms with Crippen LogP contribution in [0, 0.1) is 0 Å². The number of hydrogen-bond donors (Lipinski definition) is 1. The predicted molar refractivity (Wildman–Crippen MR) is 47.1 cm³/mol. The van der Waals surface area contributed by atoms with E-state index in [2.05, 4.69) is 20.5 Å². The van der Waals surface area contributed by atoms with Crippen LogP contribution in [0.4, 0.5) is 6.01 Å². The fourth-order valence-electron chi connectivity index (χ4n) is 0.917. The van der Waals surface area contributed by atoms with Crippen LogP contribution in [0.15, 0.2) is 28.8 Å². The topological polar surface area (TPSA) is 63.8 Å². The maximum atomic E-state index is 5.22. The summed E-state index contributed by atoms with van der Waals surface area (Å²) in [5, 5.41) is 10.3. The number of nitrogens with zero attached hydrogens (tertiary/aromatic N) is 3. The van der Waals surface area contributed by atoms with Crippen LogP contribution in [0.25, 0.3) is 11.6 Å². The normalized spacial score (nSPS) is 9.92. The highest BCUT2D eigenvalue weighted by molar-refractivity contribution is 5.46. The Balaban J connectivity index is 2.36. The molecule has 0 saturated carbocycles. The molecule has 0 saturated heterocycles. The minimum atomic E-state index is 0.389. The van der Waals surface area contributed by atoms with Crippen LogP contribution in [0.3, 0.4) is 0 Å². The number of aromatic nitrogens is 3. The Morgan fingerprint density at radius 3 is 2.85 bits per heavy atom. The zero-order valence-electron chi connectivity index (χ0n) is 7.06. The van der Waals surface area contributed by atoms with E-state index in [1.807, 2.05) is 18.2 Å². The third-order valence-corrected chi connectivity index (χ3v) is 1.52. The summed E-state index contributed by atoms with van der Waals surface area (Å²) >= 11 is 0. The van der Waals surface area contributed by atoms with Gasteiger partial charge in [-0.25, -0.2) is 0 Å². The van der Waals surface area contributed by atoms with E-state index in [-0.39, 0.29) is 0 Å². The molecule has 0 fully saturated rings. The second-order valence-electron chi connectivity index (χ2n) is 2.38. The average molecular weight is 176 g/mol. The van der Waals surface area contributed by atoms with Crippen LogP contribution in [-0.4, -0.2) is 22.2 Å². The van der Waals surface area contributed by atoms with Gasteiger partial charge in [-0.15, -0.1) is 5.10 Å². The number of anilines is 1. The molecule has 0 spiro atoms. The van der Waals surface area contributed by atoms with Crippen LogP contribution in [0.5, 0.6) is 0 Å². The first kappa shape index (κ1) is 7.72. The van der Waals surface area contributed by atoms with Gasteiger partial charge in [0.1, 0.15) is 5.69 Å². The van der Waals surface area contributed by atoms with Crippen LogP contribution in [0.2, 0.25) is 0 Å². The second kappa shape index (κ2) is 3.22. The Hall–Kier alpha value is -1.91. The summed E-state index contributed by atoms with van der Waals surface area (Å²) in [4.78, 5) is 4.07. The molecule has 0 aliphatic heterocycles. The van der Waals surface area contributed by atoms with E-state index < -0.39 is 0 Å². The van der Waals surface area contributed by atoms with Crippen molar-refractivity contribution in [1.29, 1.82) is 0 Å². The molecule has 2 aromatic heterocycles. The Morgan fingerprint density at radius 1 is 1.31 bits per heavy atom. The van der Waals surface area contributed by atoms with Crippen molar-refractivity contribution in [1.82, 2.24) is 15.2 Å². The average Bonchev–Trinajstić information content (AvgIpc) is 2.67. The molecular weight excluding hydrogens is 168 g/mol. The highest BCUT2D eigenvalue weighted by atomic mass is 16.4. The first-order chi connectivity index (χ1) is 6.40. The second-order valence-corrected chi connectivity index (χ2v) is 2.38. The summed E-state index contributed by atoms with van der Waals surface area (Å²) in [5.41, 5.74) is 0.677. The summed E-state index contributed by atoms with van der Waals surface area (Å²) < 4.78 is 5.22. The van der Waals surface area contributed by atoms with Crippen LogP contribution >= 0.6 is 0 Å².